The molecule has 0 radical (unpaired) electrons. The topological polar surface area (TPSA) is 41.5 Å². The molecule has 3 aromatic carbocycles. The number of methoxy groups -OCH3 is 1. The van der Waals surface area contributed by atoms with Crippen molar-refractivity contribution in [1.82, 2.24) is 5.32 Å². The molecule has 3 aliphatic carbocycles. The van der Waals surface area contributed by atoms with Crippen molar-refractivity contribution in [3.05, 3.63) is 71.3 Å². The monoisotopic (exact) mass is 441 g/mol. The normalized spacial score (nSPS) is 30.5. The summed E-state index contributed by atoms with van der Waals surface area (Å²) < 4.78 is 5.49. The molecule has 6 rings (SSSR count). The molecule has 5 atom stereocenters. The summed E-state index contributed by atoms with van der Waals surface area (Å²) in [6, 6.07) is 19.6. The molecule has 33 heavy (non-hydrogen) atoms. The maximum Gasteiger partial charge on any atom is 0.120 e. The third-order valence-corrected chi connectivity index (χ3v) is 9.42. The summed E-state index contributed by atoms with van der Waals surface area (Å²) in [7, 11) is 1.77. The molecule has 3 aliphatic rings. The number of fused-ring (bicyclic) bond motifs is 6. The van der Waals surface area contributed by atoms with E-state index in [1.165, 1.54) is 49.5 Å². The van der Waals surface area contributed by atoms with Gasteiger partial charge in [-0.25, -0.2) is 0 Å². The molecule has 3 nitrogen and oxygen atoms in total. The summed E-state index contributed by atoms with van der Waals surface area (Å²) in [5, 5.41) is 16.8. The summed E-state index contributed by atoms with van der Waals surface area (Å²) in [5.74, 6) is 3.69. The molecule has 0 amide bonds. The standard InChI is InChI=1S/C30H35NO2/c1-30-14-13-25-24-10-8-23(33-2)16-21(24)7-9-26(25)27(30)11-12-29(30)31-18-22-15-19-5-3-4-6-20(19)17-28(22)32/h3-6,8,10,15-17,25-27,29,31-32H,7,9,11-14,18H2,1-2H3/t25?,26?,27?,29-,30-/m0/s1. The zero-order valence-electron chi connectivity index (χ0n) is 19.8. The zero-order valence-corrected chi connectivity index (χ0v) is 19.8. The first-order chi connectivity index (χ1) is 16.1. The van der Waals surface area contributed by atoms with Crippen molar-refractivity contribution in [1.29, 1.82) is 0 Å². The minimum absolute atomic E-state index is 0.345. The fourth-order valence-electron chi connectivity index (χ4n) is 7.67. The van der Waals surface area contributed by atoms with Crippen molar-refractivity contribution < 1.29 is 9.84 Å². The maximum absolute atomic E-state index is 10.6. The van der Waals surface area contributed by atoms with Crippen LogP contribution in [0.3, 0.4) is 0 Å². The van der Waals surface area contributed by atoms with Gasteiger partial charge in [0.05, 0.1) is 7.11 Å². The highest BCUT2D eigenvalue weighted by atomic mass is 16.5. The number of aryl methyl sites for hydroxylation is 1. The molecule has 0 aliphatic heterocycles. The van der Waals surface area contributed by atoms with E-state index in [9.17, 15) is 5.11 Å². The Morgan fingerprint density at radius 1 is 1.00 bits per heavy atom. The van der Waals surface area contributed by atoms with Crippen LogP contribution in [0.1, 0.15) is 61.6 Å². The number of aromatic hydroxyl groups is 1. The van der Waals surface area contributed by atoms with Crippen LogP contribution in [0.2, 0.25) is 0 Å². The predicted octanol–water partition coefficient (Wildman–Crippen LogP) is 6.57. The number of ether oxygens (including phenoxy) is 1. The smallest absolute Gasteiger partial charge is 0.120 e. The first-order valence-corrected chi connectivity index (χ1v) is 12.7. The van der Waals surface area contributed by atoms with E-state index in [0.717, 1.165) is 35.1 Å². The fraction of sp³-hybridized carbons (Fsp3) is 0.467. The van der Waals surface area contributed by atoms with Crippen LogP contribution in [0.15, 0.2) is 54.6 Å². The van der Waals surface area contributed by atoms with Gasteiger partial charge in [0, 0.05) is 18.2 Å². The van der Waals surface area contributed by atoms with Gasteiger partial charge < -0.3 is 15.2 Å². The van der Waals surface area contributed by atoms with Crippen LogP contribution in [0, 0.1) is 17.3 Å². The van der Waals surface area contributed by atoms with E-state index in [4.69, 9.17) is 4.74 Å². The second-order valence-corrected chi connectivity index (χ2v) is 10.9. The molecule has 3 heteroatoms. The lowest BCUT2D eigenvalue weighted by Crippen LogP contribution is -2.48. The van der Waals surface area contributed by atoms with E-state index in [-0.39, 0.29) is 0 Å². The first kappa shape index (κ1) is 21.0. The van der Waals surface area contributed by atoms with Gasteiger partial charge in [-0.3, -0.25) is 0 Å². The van der Waals surface area contributed by atoms with Crippen LogP contribution >= 0.6 is 0 Å². The first-order valence-electron chi connectivity index (χ1n) is 12.7. The van der Waals surface area contributed by atoms with Gasteiger partial charge in [-0.05, 0) is 108 Å². The number of hydrogen-bond acceptors (Lipinski definition) is 3. The van der Waals surface area contributed by atoms with Gasteiger partial charge in [0.15, 0.2) is 0 Å². The third kappa shape index (κ3) is 3.44. The molecule has 0 bridgehead atoms. The Morgan fingerprint density at radius 3 is 2.64 bits per heavy atom. The Labute approximate surface area is 197 Å². The Hall–Kier alpha value is -2.52. The predicted molar refractivity (Wildman–Crippen MR) is 134 cm³/mol. The number of benzene rings is 3. The van der Waals surface area contributed by atoms with Crippen LogP contribution in [-0.4, -0.2) is 18.3 Å². The average Bonchev–Trinajstić information content (AvgIpc) is 3.18. The second-order valence-electron chi connectivity index (χ2n) is 10.9. The summed E-state index contributed by atoms with van der Waals surface area (Å²) >= 11 is 0. The summed E-state index contributed by atoms with van der Waals surface area (Å²) in [6.07, 6.45) is 7.63. The summed E-state index contributed by atoms with van der Waals surface area (Å²) in [4.78, 5) is 0. The Bertz CT molecular complexity index is 1190. The second kappa shape index (κ2) is 8.06. The number of phenolic OH excluding ortho intramolecular Hbond substituents is 1. The van der Waals surface area contributed by atoms with Crippen molar-refractivity contribution in [3.63, 3.8) is 0 Å². The van der Waals surface area contributed by atoms with Crippen molar-refractivity contribution in [2.45, 2.75) is 64.0 Å². The molecule has 2 saturated carbocycles. The molecule has 2 fully saturated rings. The highest BCUT2D eigenvalue weighted by Gasteiger charge is 2.54. The molecule has 0 heterocycles. The van der Waals surface area contributed by atoms with Gasteiger partial charge in [0.2, 0.25) is 0 Å². The van der Waals surface area contributed by atoms with Crippen LogP contribution < -0.4 is 10.1 Å². The quantitative estimate of drug-likeness (QED) is 0.481. The average molecular weight is 442 g/mol. The molecular weight excluding hydrogens is 406 g/mol. The summed E-state index contributed by atoms with van der Waals surface area (Å²) in [5.41, 5.74) is 4.46. The Balaban J connectivity index is 1.20. The number of rotatable bonds is 4. The largest absolute Gasteiger partial charge is 0.508 e. The summed E-state index contributed by atoms with van der Waals surface area (Å²) in [6.45, 7) is 3.28. The molecule has 0 saturated heterocycles. The van der Waals surface area contributed by atoms with Crippen LogP contribution in [0.25, 0.3) is 10.8 Å². The van der Waals surface area contributed by atoms with Gasteiger partial charge in [-0.1, -0.05) is 37.3 Å². The van der Waals surface area contributed by atoms with Crippen molar-refractivity contribution in [2.75, 3.05) is 7.11 Å². The van der Waals surface area contributed by atoms with E-state index in [1.807, 2.05) is 12.1 Å². The van der Waals surface area contributed by atoms with Crippen molar-refractivity contribution in [3.8, 4) is 11.5 Å². The zero-order chi connectivity index (χ0) is 22.6. The Morgan fingerprint density at radius 2 is 1.82 bits per heavy atom. The van der Waals surface area contributed by atoms with E-state index in [1.54, 1.807) is 12.7 Å². The van der Waals surface area contributed by atoms with Gasteiger partial charge in [-0.2, -0.15) is 0 Å². The number of phenols is 1. The minimum Gasteiger partial charge on any atom is -0.508 e. The highest BCUT2D eigenvalue weighted by Crippen LogP contribution is 2.61. The van der Waals surface area contributed by atoms with Gasteiger partial charge in [-0.15, -0.1) is 0 Å². The lowest BCUT2D eigenvalue weighted by atomic mass is 9.55. The Kier molecular flexibility index (Phi) is 5.14. The van der Waals surface area contributed by atoms with Crippen LogP contribution in [-0.2, 0) is 13.0 Å². The fourth-order valence-corrected chi connectivity index (χ4v) is 7.67. The van der Waals surface area contributed by atoms with E-state index in [2.05, 4.69) is 54.7 Å². The lowest BCUT2D eigenvalue weighted by Gasteiger charge is -2.51. The molecule has 2 N–H and O–H groups in total. The van der Waals surface area contributed by atoms with Crippen molar-refractivity contribution in [2.24, 2.45) is 17.3 Å². The SMILES string of the molecule is COc1ccc2c(c1)CCC1C2CC[C@@]2(C)C1CC[C@@H]2NCc1cc2ccccc2cc1O. The van der Waals surface area contributed by atoms with Crippen LogP contribution in [0.5, 0.6) is 11.5 Å². The van der Waals surface area contributed by atoms with Gasteiger partial charge in [0.25, 0.3) is 0 Å². The molecule has 0 aromatic heterocycles. The molecule has 172 valence electrons. The molecule has 3 unspecified atom stereocenters. The van der Waals surface area contributed by atoms with E-state index >= 15 is 0 Å². The van der Waals surface area contributed by atoms with Gasteiger partial charge >= 0.3 is 0 Å². The number of hydrogen-bond donors (Lipinski definition) is 2. The molecule has 3 aromatic rings. The minimum atomic E-state index is 0.345. The van der Waals surface area contributed by atoms with Crippen molar-refractivity contribution >= 4 is 10.8 Å². The number of nitrogens with one attached hydrogen (secondary N) is 1. The lowest BCUT2D eigenvalue weighted by molar-refractivity contribution is 0.0408. The van der Waals surface area contributed by atoms with E-state index < -0.39 is 0 Å². The maximum atomic E-state index is 10.6. The molecule has 0 spiro atoms. The third-order valence-electron chi connectivity index (χ3n) is 9.42. The molecular formula is C30H35NO2. The van der Waals surface area contributed by atoms with E-state index in [0.29, 0.717) is 23.1 Å². The highest BCUT2D eigenvalue weighted by molar-refractivity contribution is 5.84. The van der Waals surface area contributed by atoms with Gasteiger partial charge in [0.1, 0.15) is 11.5 Å². The van der Waals surface area contributed by atoms with Crippen LogP contribution in [0.4, 0.5) is 0 Å².